The summed E-state index contributed by atoms with van der Waals surface area (Å²) < 4.78 is 17.0. The van der Waals surface area contributed by atoms with Gasteiger partial charge in [0.2, 0.25) is 0 Å². The molecule has 0 aliphatic heterocycles. The summed E-state index contributed by atoms with van der Waals surface area (Å²) in [5.74, 6) is -0.898. The summed E-state index contributed by atoms with van der Waals surface area (Å²) in [6.07, 6.45) is 94.8. The third-order valence-corrected chi connectivity index (χ3v) is 15.9. The summed E-state index contributed by atoms with van der Waals surface area (Å²) >= 11 is 0. The van der Waals surface area contributed by atoms with Gasteiger partial charge in [-0.05, 0) is 77.0 Å². The molecular formula is C77H136O6. The third kappa shape index (κ3) is 69.3. The van der Waals surface area contributed by atoms with E-state index in [9.17, 15) is 14.4 Å². The molecule has 0 aromatic carbocycles. The topological polar surface area (TPSA) is 78.9 Å². The molecule has 0 heterocycles. The van der Waals surface area contributed by atoms with Crippen LogP contribution >= 0.6 is 0 Å². The lowest BCUT2D eigenvalue weighted by Crippen LogP contribution is -2.30. The monoisotopic (exact) mass is 1160 g/mol. The van der Waals surface area contributed by atoms with Crippen LogP contribution in [0.3, 0.4) is 0 Å². The van der Waals surface area contributed by atoms with E-state index in [1.807, 2.05) is 0 Å². The van der Waals surface area contributed by atoms with Crippen LogP contribution < -0.4 is 0 Å². The first-order chi connectivity index (χ1) is 41.0. The zero-order valence-electron chi connectivity index (χ0n) is 55.2. The van der Waals surface area contributed by atoms with E-state index in [1.54, 1.807) is 0 Å². The Kier molecular flexibility index (Phi) is 68.2. The molecule has 0 saturated heterocycles. The van der Waals surface area contributed by atoms with Crippen LogP contribution in [0.25, 0.3) is 0 Å². The Morgan fingerprint density at radius 2 is 0.470 bits per heavy atom. The number of unbranched alkanes of at least 4 members (excludes halogenated alkanes) is 41. The quantitative estimate of drug-likeness (QED) is 0.0261. The Morgan fingerprint density at radius 1 is 0.253 bits per heavy atom. The average molecular weight is 1160 g/mol. The van der Waals surface area contributed by atoms with Crippen LogP contribution in [0.4, 0.5) is 0 Å². The van der Waals surface area contributed by atoms with Crippen LogP contribution in [0.5, 0.6) is 0 Å². The highest BCUT2D eigenvalue weighted by Gasteiger charge is 2.19. The van der Waals surface area contributed by atoms with Crippen LogP contribution in [0.2, 0.25) is 0 Å². The van der Waals surface area contributed by atoms with E-state index in [0.717, 1.165) is 109 Å². The highest BCUT2D eigenvalue weighted by atomic mass is 16.6. The summed E-state index contributed by atoms with van der Waals surface area (Å²) in [7, 11) is 0. The van der Waals surface area contributed by atoms with Gasteiger partial charge in [-0.15, -0.1) is 0 Å². The maximum absolute atomic E-state index is 12.9. The number of carbonyl (C=O) groups excluding carboxylic acids is 3. The van der Waals surface area contributed by atoms with Gasteiger partial charge < -0.3 is 14.2 Å². The van der Waals surface area contributed by atoms with E-state index < -0.39 is 6.10 Å². The molecule has 0 aromatic heterocycles. The maximum Gasteiger partial charge on any atom is 0.306 e. The number of allylic oxidation sites excluding steroid dienone is 14. The van der Waals surface area contributed by atoms with Crippen molar-refractivity contribution in [2.24, 2.45) is 0 Å². The summed E-state index contributed by atoms with van der Waals surface area (Å²) in [4.78, 5) is 38.4. The molecular weight excluding hydrogens is 1020 g/mol. The second-order valence-electron chi connectivity index (χ2n) is 24.1. The predicted octanol–water partition coefficient (Wildman–Crippen LogP) is 25.0. The molecule has 1 unspecified atom stereocenters. The largest absolute Gasteiger partial charge is 0.462 e. The second kappa shape index (κ2) is 71.1. The Hall–Kier alpha value is -3.41. The SMILES string of the molecule is CC/C=C\C/C=C\C/C=C\C/C=C\C/C=C\C/C=C\C/C=C\CCCCCC(=O)OC(COC(=O)CCCCCCCCCCCCCCC)COC(=O)CCCCCCCCCCCCCCCCCCCCCCCCCCCCC. The lowest BCUT2D eigenvalue weighted by molar-refractivity contribution is -0.167. The predicted molar refractivity (Wildman–Crippen MR) is 362 cm³/mol. The zero-order valence-corrected chi connectivity index (χ0v) is 55.2. The van der Waals surface area contributed by atoms with E-state index >= 15 is 0 Å². The van der Waals surface area contributed by atoms with Gasteiger partial charge in [0.25, 0.3) is 0 Å². The van der Waals surface area contributed by atoms with Crippen molar-refractivity contribution in [3.63, 3.8) is 0 Å². The van der Waals surface area contributed by atoms with Gasteiger partial charge in [-0.1, -0.05) is 356 Å². The van der Waals surface area contributed by atoms with Gasteiger partial charge in [0.05, 0.1) is 0 Å². The second-order valence-corrected chi connectivity index (χ2v) is 24.1. The standard InChI is InChI=1S/C77H136O6/c1-4-7-10-13-16-19-22-25-27-29-31-33-35-37-38-40-41-43-45-47-49-52-55-58-61-64-67-70-76(79)82-73-74(72-81-75(78)69-66-63-60-57-54-51-24-21-18-15-12-9-6-3)83-77(80)71-68-65-62-59-56-53-50-48-46-44-42-39-36-34-32-30-28-26-23-20-17-14-11-8-5-2/h8,11,17,20,26,28,32,34,39,42,46,48,53,56,74H,4-7,9-10,12-16,18-19,21-25,27,29-31,33,35-38,40-41,43-45,47,49-52,54-55,57-73H2,1-3H3/b11-8-,20-17-,28-26-,34-32-,42-39-,48-46-,56-53-. The molecule has 0 fully saturated rings. The normalized spacial score (nSPS) is 12.6. The fraction of sp³-hybridized carbons (Fsp3) is 0.779. The van der Waals surface area contributed by atoms with Crippen LogP contribution in [-0.2, 0) is 28.6 Å². The van der Waals surface area contributed by atoms with Gasteiger partial charge in [-0.3, -0.25) is 14.4 Å². The van der Waals surface area contributed by atoms with E-state index in [0.29, 0.717) is 19.3 Å². The molecule has 0 aromatic rings. The Bertz CT molecular complexity index is 1570. The molecule has 0 N–H and O–H groups in total. The number of hydrogen-bond donors (Lipinski definition) is 0. The number of rotatable bonds is 66. The minimum atomic E-state index is -0.794. The Morgan fingerprint density at radius 3 is 0.735 bits per heavy atom. The molecule has 480 valence electrons. The average Bonchev–Trinajstić information content (AvgIpc) is 3.49. The van der Waals surface area contributed by atoms with E-state index in [-0.39, 0.29) is 31.1 Å². The van der Waals surface area contributed by atoms with E-state index in [2.05, 4.69) is 106 Å². The molecule has 1 atom stereocenters. The molecule has 0 bridgehead atoms. The van der Waals surface area contributed by atoms with Crippen molar-refractivity contribution in [1.29, 1.82) is 0 Å². The third-order valence-electron chi connectivity index (χ3n) is 15.9. The highest BCUT2D eigenvalue weighted by Crippen LogP contribution is 2.18. The number of hydrogen-bond acceptors (Lipinski definition) is 6. The van der Waals surface area contributed by atoms with Crippen molar-refractivity contribution in [2.45, 2.75) is 374 Å². The fourth-order valence-electron chi connectivity index (χ4n) is 10.5. The molecule has 6 heteroatoms. The van der Waals surface area contributed by atoms with Crippen molar-refractivity contribution in [3.05, 3.63) is 85.1 Å². The smallest absolute Gasteiger partial charge is 0.306 e. The molecule has 0 saturated carbocycles. The Labute approximate surface area is 515 Å². The number of carbonyl (C=O) groups is 3. The van der Waals surface area contributed by atoms with Gasteiger partial charge in [0.1, 0.15) is 13.2 Å². The molecule has 0 radical (unpaired) electrons. The van der Waals surface area contributed by atoms with Gasteiger partial charge in [0, 0.05) is 19.3 Å². The highest BCUT2D eigenvalue weighted by molar-refractivity contribution is 5.71. The molecule has 0 aliphatic carbocycles. The first-order valence-electron chi connectivity index (χ1n) is 36.1. The van der Waals surface area contributed by atoms with Crippen LogP contribution in [0.15, 0.2) is 85.1 Å². The summed E-state index contributed by atoms with van der Waals surface area (Å²) in [5.41, 5.74) is 0. The lowest BCUT2D eigenvalue weighted by Gasteiger charge is -2.18. The first kappa shape index (κ1) is 79.6. The Balaban J connectivity index is 4.31. The lowest BCUT2D eigenvalue weighted by atomic mass is 10.0. The van der Waals surface area contributed by atoms with Crippen LogP contribution in [-0.4, -0.2) is 37.2 Å². The van der Waals surface area contributed by atoms with Gasteiger partial charge in [-0.2, -0.15) is 0 Å². The number of esters is 3. The maximum atomic E-state index is 12.9. The first-order valence-corrected chi connectivity index (χ1v) is 36.1. The molecule has 0 spiro atoms. The zero-order chi connectivity index (χ0) is 59.9. The van der Waals surface area contributed by atoms with Crippen molar-refractivity contribution < 1.29 is 28.6 Å². The minimum Gasteiger partial charge on any atom is -0.462 e. The van der Waals surface area contributed by atoms with Crippen molar-refractivity contribution in [2.75, 3.05) is 13.2 Å². The van der Waals surface area contributed by atoms with Gasteiger partial charge in [-0.25, -0.2) is 0 Å². The van der Waals surface area contributed by atoms with Gasteiger partial charge in [0.15, 0.2) is 6.10 Å². The molecule has 83 heavy (non-hydrogen) atoms. The summed E-state index contributed by atoms with van der Waals surface area (Å²) in [6, 6.07) is 0. The summed E-state index contributed by atoms with van der Waals surface area (Å²) in [6.45, 7) is 6.56. The summed E-state index contributed by atoms with van der Waals surface area (Å²) in [5, 5.41) is 0. The van der Waals surface area contributed by atoms with Crippen molar-refractivity contribution in [1.82, 2.24) is 0 Å². The molecule has 0 aliphatic rings. The van der Waals surface area contributed by atoms with Crippen LogP contribution in [0, 0.1) is 0 Å². The van der Waals surface area contributed by atoms with Crippen LogP contribution in [0.1, 0.15) is 367 Å². The van der Waals surface area contributed by atoms with Crippen molar-refractivity contribution in [3.8, 4) is 0 Å². The molecule has 0 amide bonds. The van der Waals surface area contributed by atoms with Gasteiger partial charge >= 0.3 is 17.9 Å². The molecule has 6 nitrogen and oxygen atoms in total. The number of ether oxygens (including phenoxy) is 3. The van der Waals surface area contributed by atoms with Crippen molar-refractivity contribution >= 4 is 17.9 Å². The minimum absolute atomic E-state index is 0.0857. The fourth-order valence-corrected chi connectivity index (χ4v) is 10.5. The molecule has 0 rings (SSSR count). The van der Waals surface area contributed by atoms with E-state index in [1.165, 1.54) is 218 Å². The van der Waals surface area contributed by atoms with E-state index in [4.69, 9.17) is 14.2 Å².